The Morgan fingerprint density at radius 3 is 2.71 bits per heavy atom. The SMILES string of the molecule is COC(=O)C(C)COc1ccc(Cl)cc1C1CCCCC1. The van der Waals surface area contributed by atoms with Crippen molar-refractivity contribution in [1.82, 2.24) is 0 Å². The number of carbonyl (C=O) groups excluding carboxylic acids is 1. The summed E-state index contributed by atoms with van der Waals surface area (Å²) < 4.78 is 10.6. The number of halogens is 1. The van der Waals surface area contributed by atoms with Gasteiger partial charge in [-0.2, -0.15) is 0 Å². The second kappa shape index (κ2) is 7.69. The van der Waals surface area contributed by atoms with Crippen molar-refractivity contribution < 1.29 is 14.3 Å². The Morgan fingerprint density at radius 1 is 1.33 bits per heavy atom. The molecule has 1 aliphatic rings. The van der Waals surface area contributed by atoms with E-state index < -0.39 is 0 Å². The molecule has 3 nitrogen and oxygen atoms in total. The highest BCUT2D eigenvalue weighted by Crippen LogP contribution is 2.38. The number of esters is 1. The van der Waals surface area contributed by atoms with Gasteiger partial charge in [-0.25, -0.2) is 0 Å². The van der Waals surface area contributed by atoms with Crippen LogP contribution in [0, 0.1) is 5.92 Å². The zero-order chi connectivity index (χ0) is 15.2. The summed E-state index contributed by atoms with van der Waals surface area (Å²) in [5, 5.41) is 0.740. The van der Waals surface area contributed by atoms with Gasteiger partial charge in [0.25, 0.3) is 0 Å². The predicted molar refractivity (Wildman–Crippen MR) is 84.0 cm³/mol. The highest BCUT2D eigenvalue weighted by atomic mass is 35.5. The average Bonchev–Trinajstić information content (AvgIpc) is 2.53. The van der Waals surface area contributed by atoms with E-state index in [0.717, 1.165) is 10.8 Å². The molecule has 116 valence electrons. The second-order valence-electron chi connectivity index (χ2n) is 5.75. The van der Waals surface area contributed by atoms with Gasteiger partial charge in [0.05, 0.1) is 13.0 Å². The Labute approximate surface area is 131 Å². The molecule has 0 N–H and O–H groups in total. The van der Waals surface area contributed by atoms with Gasteiger partial charge in [0, 0.05) is 5.02 Å². The summed E-state index contributed by atoms with van der Waals surface area (Å²) in [5.74, 6) is 0.844. The molecule has 0 aliphatic heterocycles. The number of hydrogen-bond acceptors (Lipinski definition) is 3. The molecule has 0 radical (unpaired) electrons. The summed E-state index contributed by atoms with van der Waals surface area (Å²) in [6.07, 6.45) is 6.20. The van der Waals surface area contributed by atoms with Crippen LogP contribution in [0.25, 0.3) is 0 Å². The van der Waals surface area contributed by atoms with E-state index in [1.807, 2.05) is 25.1 Å². The van der Waals surface area contributed by atoms with E-state index in [9.17, 15) is 4.79 Å². The van der Waals surface area contributed by atoms with Crippen molar-refractivity contribution in [2.75, 3.05) is 13.7 Å². The molecule has 1 fully saturated rings. The second-order valence-corrected chi connectivity index (χ2v) is 6.19. The standard InChI is InChI=1S/C17H23ClO3/c1-12(17(19)20-2)11-21-16-9-8-14(18)10-15(16)13-6-4-3-5-7-13/h8-10,12-13H,3-7,11H2,1-2H3. The first kappa shape index (κ1) is 16.2. The lowest BCUT2D eigenvalue weighted by molar-refractivity contribution is -0.145. The Balaban J connectivity index is 2.09. The molecule has 1 saturated carbocycles. The maximum Gasteiger partial charge on any atom is 0.311 e. The molecular weight excluding hydrogens is 288 g/mol. The first-order valence-corrected chi connectivity index (χ1v) is 7.99. The molecule has 0 spiro atoms. The van der Waals surface area contributed by atoms with E-state index in [1.165, 1.54) is 44.8 Å². The van der Waals surface area contributed by atoms with Crippen molar-refractivity contribution in [2.24, 2.45) is 5.92 Å². The Kier molecular flexibility index (Phi) is 5.92. The fourth-order valence-corrected chi connectivity index (χ4v) is 3.05. The number of ether oxygens (including phenoxy) is 2. The summed E-state index contributed by atoms with van der Waals surface area (Å²) in [6, 6.07) is 5.76. The van der Waals surface area contributed by atoms with Crippen LogP contribution in [0.3, 0.4) is 0 Å². The van der Waals surface area contributed by atoms with Crippen molar-refractivity contribution in [3.8, 4) is 5.75 Å². The topological polar surface area (TPSA) is 35.5 Å². The molecule has 1 atom stereocenters. The van der Waals surface area contributed by atoms with Crippen LogP contribution in [0.5, 0.6) is 5.75 Å². The van der Waals surface area contributed by atoms with Crippen LogP contribution in [0.1, 0.15) is 50.5 Å². The molecule has 0 aromatic heterocycles. The molecular formula is C17H23ClO3. The molecule has 2 rings (SSSR count). The van der Waals surface area contributed by atoms with Gasteiger partial charge in [0.15, 0.2) is 0 Å². The highest BCUT2D eigenvalue weighted by Gasteiger charge is 2.21. The van der Waals surface area contributed by atoms with E-state index in [-0.39, 0.29) is 11.9 Å². The number of methoxy groups -OCH3 is 1. The van der Waals surface area contributed by atoms with Gasteiger partial charge in [-0.1, -0.05) is 30.9 Å². The molecule has 0 heterocycles. The molecule has 0 saturated heterocycles. The van der Waals surface area contributed by atoms with E-state index in [1.54, 1.807) is 0 Å². The summed E-state index contributed by atoms with van der Waals surface area (Å²) in [5.41, 5.74) is 1.18. The number of hydrogen-bond donors (Lipinski definition) is 0. The van der Waals surface area contributed by atoms with Crippen LogP contribution < -0.4 is 4.74 Å². The number of carbonyl (C=O) groups is 1. The van der Waals surface area contributed by atoms with Gasteiger partial charge in [0.1, 0.15) is 12.4 Å². The van der Waals surface area contributed by atoms with E-state index in [2.05, 4.69) is 0 Å². The van der Waals surface area contributed by atoms with E-state index >= 15 is 0 Å². The van der Waals surface area contributed by atoms with Crippen LogP contribution in [0.15, 0.2) is 18.2 Å². The first-order valence-electron chi connectivity index (χ1n) is 7.62. The van der Waals surface area contributed by atoms with E-state index in [4.69, 9.17) is 21.1 Å². The van der Waals surface area contributed by atoms with Crippen LogP contribution in [0.2, 0.25) is 5.02 Å². The number of rotatable bonds is 5. The monoisotopic (exact) mass is 310 g/mol. The lowest BCUT2D eigenvalue weighted by Gasteiger charge is -2.24. The van der Waals surface area contributed by atoms with Crippen molar-refractivity contribution in [2.45, 2.75) is 44.9 Å². The third kappa shape index (κ3) is 4.37. The summed E-state index contributed by atoms with van der Waals surface area (Å²) in [6.45, 7) is 2.13. The zero-order valence-corrected chi connectivity index (χ0v) is 13.5. The third-order valence-corrected chi connectivity index (χ3v) is 4.34. The van der Waals surface area contributed by atoms with Gasteiger partial charge >= 0.3 is 5.97 Å². The zero-order valence-electron chi connectivity index (χ0n) is 12.7. The predicted octanol–water partition coefficient (Wildman–Crippen LogP) is 4.58. The van der Waals surface area contributed by atoms with Crippen molar-refractivity contribution in [3.63, 3.8) is 0 Å². The highest BCUT2D eigenvalue weighted by molar-refractivity contribution is 6.30. The Bertz CT molecular complexity index is 481. The molecule has 21 heavy (non-hydrogen) atoms. The number of benzene rings is 1. The maximum absolute atomic E-state index is 11.5. The van der Waals surface area contributed by atoms with Gasteiger partial charge in [-0.05, 0) is 49.4 Å². The lowest BCUT2D eigenvalue weighted by Crippen LogP contribution is -2.20. The molecule has 1 aromatic rings. The maximum atomic E-state index is 11.5. The van der Waals surface area contributed by atoms with Gasteiger partial charge in [-0.3, -0.25) is 4.79 Å². The Morgan fingerprint density at radius 2 is 2.05 bits per heavy atom. The first-order chi connectivity index (χ1) is 10.1. The summed E-state index contributed by atoms with van der Waals surface area (Å²) in [7, 11) is 1.40. The normalized spacial score (nSPS) is 17.3. The molecule has 1 aromatic carbocycles. The van der Waals surface area contributed by atoms with Crippen LogP contribution in [-0.2, 0) is 9.53 Å². The molecule has 0 amide bonds. The fourth-order valence-electron chi connectivity index (χ4n) is 2.87. The van der Waals surface area contributed by atoms with Gasteiger partial charge in [0.2, 0.25) is 0 Å². The average molecular weight is 311 g/mol. The minimum Gasteiger partial charge on any atom is -0.492 e. The molecule has 1 aliphatic carbocycles. The molecule has 0 bridgehead atoms. The third-order valence-electron chi connectivity index (χ3n) is 4.11. The van der Waals surface area contributed by atoms with Crippen molar-refractivity contribution >= 4 is 17.6 Å². The van der Waals surface area contributed by atoms with Gasteiger partial charge in [-0.15, -0.1) is 0 Å². The smallest absolute Gasteiger partial charge is 0.311 e. The summed E-state index contributed by atoms with van der Waals surface area (Å²) in [4.78, 5) is 11.5. The lowest BCUT2D eigenvalue weighted by atomic mass is 9.84. The molecule has 4 heteroatoms. The fraction of sp³-hybridized carbons (Fsp3) is 0.588. The van der Waals surface area contributed by atoms with Crippen LogP contribution in [-0.4, -0.2) is 19.7 Å². The minimum atomic E-state index is -0.273. The van der Waals surface area contributed by atoms with Crippen molar-refractivity contribution in [1.29, 1.82) is 0 Å². The van der Waals surface area contributed by atoms with Crippen LogP contribution >= 0.6 is 11.6 Å². The summed E-state index contributed by atoms with van der Waals surface area (Å²) >= 11 is 6.14. The quantitative estimate of drug-likeness (QED) is 0.747. The van der Waals surface area contributed by atoms with E-state index in [0.29, 0.717) is 12.5 Å². The van der Waals surface area contributed by atoms with Gasteiger partial charge < -0.3 is 9.47 Å². The van der Waals surface area contributed by atoms with Crippen molar-refractivity contribution in [3.05, 3.63) is 28.8 Å². The largest absolute Gasteiger partial charge is 0.492 e. The molecule has 1 unspecified atom stereocenters. The minimum absolute atomic E-state index is 0.247. The Hall–Kier alpha value is -1.22. The van der Waals surface area contributed by atoms with Crippen LogP contribution in [0.4, 0.5) is 0 Å².